The second kappa shape index (κ2) is 9.32. The number of rotatable bonds is 9. The Balaban J connectivity index is 1.87. The lowest BCUT2D eigenvalue weighted by atomic mass is 10.2. The van der Waals surface area contributed by atoms with Crippen molar-refractivity contribution >= 4 is 21.8 Å². The number of ether oxygens (including phenoxy) is 2. The van der Waals surface area contributed by atoms with Gasteiger partial charge in [-0.15, -0.1) is 0 Å². The molecule has 24 heavy (non-hydrogen) atoms. The number of nitrogens with zero attached hydrogens (tertiary/aromatic N) is 2. The third-order valence-corrected chi connectivity index (χ3v) is 3.67. The Kier molecular flexibility index (Phi) is 7.11. The normalized spacial score (nSPS) is 10.5. The third-order valence-electron chi connectivity index (χ3n) is 3.26. The van der Waals surface area contributed by atoms with E-state index >= 15 is 0 Å². The molecule has 1 amide bonds. The summed E-state index contributed by atoms with van der Waals surface area (Å²) in [5, 5.41) is 7.09. The van der Waals surface area contributed by atoms with Gasteiger partial charge in [-0.25, -0.2) is 0 Å². The molecule has 0 bridgehead atoms. The Hall–Kier alpha value is -2.02. The number of nitrogens with one attached hydrogen (secondary N) is 1. The quantitative estimate of drug-likeness (QED) is 0.661. The molecule has 1 heterocycles. The van der Waals surface area contributed by atoms with Gasteiger partial charge >= 0.3 is 0 Å². The minimum absolute atomic E-state index is 0.124. The Labute approximate surface area is 150 Å². The fourth-order valence-electron chi connectivity index (χ4n) is 2.20. The first kappa shape index (κ1) is 18.3. The van der Waals surface area contributed by atoms with E-state index in [1.807, 2.05) is 24.7 Å². The molecule has 0 aliphatic heterocycles. The van der Waals surface area contributed by atoms with Crippen LogP contribution < -0.4 is 14.8 Å². The van der Waals surface area contributed by atoms with Crippen LogP contribution in [-0.2, 0) is 6.54 Å². The molecule has 2 aromatic rings. The van der Waals surface area contributed by atoms with Gasteiger partial charge in [0, 0.05) is 24.8 Å². The SMILES string of the molecule is CCOc1ccc(C(=O)NCCCn2cc(Br)cn2)cc1OCC. The largest absolute Gasteiger partial charge is 0.490 e. The molecule has 0 aliphatic carbocycles. The van der Waals surface area contributed by atoms with Gasteiger partial charge in [-0.1, -0.05) is 0 Å². The van der Waals surface area contributed by atoms with Gasteiger partial charge in [-0.2, -0.15) is 5.10 Å². The highest BCUT2D eigenvalue weighted by molar-refractivity contribution is 9.10. The molecule has 0 fully saturated rings. The summed E-state index contributed by atoms with van der Waals surface area (Å²) in [6, 6.07) is 5.23. The second-order valence-electron chi connectivity index (χ2n) is 5.06. The van der Waals surface area contributed by atoms with Crippen LogP contribution in [0.5, 0.6) is 11.5 Å². The zero-order chi connectivity index (χ0) is 17.4. The topological polar surface area (TPSA) is 65.4 Å². The lowest BCUT2D eigenvalue weighted by Gasteiger charge is -2.12. The Morgan fingerprint density at radius 3 is 2.67 bits per heavy atom. The molecular formula is C17H22BrN3O3. The number of carbonyl (C=O) groups excluding carboxylic acids is 1. The molecule has 1 aromatic carbocycles. The summed E-state index contributed by atoms with van der Waals surface area (Å²) in [6.07, 6.45) is 4.45. The van der Waals surface area contributed by atoms with E-state index in [1.54, 1.807) is 24.4 Å². The van der Waals surface area contributed by atoms with Gasteiger partial charge < -0.3 is 14.8 Å². The van der Waals surface area contributed by atoms with Gasteiger partial charge in [0.25, 0.3) is 5.91 Å². The van der Waals surface area contributed by atoms with Crippen molar-refractivity contribution in [2.45, 2.75) is 26.8 Å². The van der Waals surface area contributed by atoms with E-state index in [0.29, 0.717) is 36.8 Å². The van der Waals surface area contributed by atoms with Gasteiger partial charge in [0.05, 0.1) is 23.9 Å². The summed E-state index contributed by atoms with van der Waals surface area (Å²) < 4.78 is 13.8. The van der Waals surface area contributed by atoms with Gasteiger partial charge in [-0.05, 0) is 54.4 Å². The molecule has 130 valence electrons. The average Bonchev–Trinajstić information content (AvgIpc) is 2.99. The Morgan fingerprint density at radius 2 is 2.00 bits per heavy atom. The maximum atomic E-state index is 12.2. The zero-order valence-corrected chi connectivity index (χ0v) is 15.5. The maximum Gasteiger partial charge on any atom is 0.251 e. The van der Waals surface area contributed by atoms with Crippen LogP contribution in [0.2, 0.25) is 0 Å². The van der Waals surface area contributed by atoms with Crippen LogP contribution in [-0.4, -0.2) is 35.4 Å². The highest BCUT2D eigenvalue weighted by Crippen LogP contribution is 2.28. The highest BCUT2D eigenvalue weighted by Gasteiger charge is 2.11. The average molecular weight is 396 g/mol. The van der Waals surface area contributed by atoms with Gasteiger partial charge in [0.15, 0.2) is 11.5 Å². The van der Waals surface area contributed by atoms with Crippen molar-refractivity contribution in [1.82, 2.24) is 15.1 Å². The van der Waals surface area contributed by atoms with Gasteiger partial charge in [-0.3, -0.25) is 9.48 Å². The second-order valence-corrected chi connectivity index (χ2v) is 5.97. The van der Waals surface area contributed by atoms with Crippen molar-refractivity contribution in [3.8, 4) is 11.5 Å². The fraction of sp³-hybridized carbons (Fsp3) is 0.412. The standard InChI is InChI=1S/C17H22BrN3O3/c1-3-23-15-7-6-13(10-16(15)24-4-2)17(22)19-8-5-9-21-12-14(18)11-20-21/h6-7,10-12H,3-5,8-9H2,1-2H3,(H,19,22). The molecule has 7 heteroatoms. The van der Waals surface area contributed by atoms with E-state index in [2.05, 4.69) is 26.3 Å². The van der Waals surface area contributed by atoms with E-state index in [0.717, 1.165) is 17.4 Å². The molecule has 0 unspecified atom stereocenters. The summed E-state index contributed by atoms with van der Waals surface area (Å²) in [7, 11) is 0. The van der Waals surface area contributed by atoms with Crippen LogP contribution >= 0.6 is 15.9 Å². The minimum Gasteiger partial charge on any atom is -0.490 e. The molecule has 0 spiro atoms. The molecule has 2 rings (SSSR count). The number of aromatic nitrogens is 2. The Bertz CT molecular complexity index is 673. The predicted octanol–water partition coefficient (Wildman–Crippen LogP) is 3.26. The van der Waals surface area contributed by atoms with Crippen molar-refractivity contribution in [3.05, 3.63) is 40.6 Å². The summed E-state index contributed by atoms with van der Waals surface area (Å²) in [4.78, 5) is 12.2. The van der Waals surface area contributed by atoms with Gasteiger partial charge in [0.2, 0.25) is 0 Å². The van der Waals surface area contributed by atoms with Crippen LogP contribution in [0.1, 0.15) is 30.6 Å². The van der Waals surface area contributed by atoms with E-state index in [-0.39, 0.29) is 5.91 Å². The summed E-state index contributed by atoms with van der Waals surface area (Å²) in [5.74, 6) is 1.12. The molecule has 1 aromatic heterocycles. The van der Waals surface area contributed by atoms with Crippen molar-refractivity contribution < 1.29 is 14.3 Å². The van der Waals surface area contributed by atoms with Crippen LogP contribution in [0, 0.1) is 0 Å². The number of amides is 1. The zero-order valence-electron chi connectivity index (χ0n) is 13.9. The van der Waals surface area contributed by atoms with Crippen LogP contribution in [0.25, 0.3) is 0 Å². The van der Waals surface area contributed by atoms with E-state index in [4.69, 9.17) is 9.47 Å². The fourth-order valence-corrected chi connectivity index (χ4v) is 2.53. The van der Waals surface area contributed by atoms with Crippen molar-refractivity contribution in [2.75, 3.05) is 19.8 Å². The molecule has 0 atom stereocenters. The van der Waals surface area contributed by atoms with Crippen LogP contribution in [0.3, 0.4) is 0 Å². The summed E-state index contributed by atoms with van der Waals surface area (Å²) in [6.45, 7) is 6.21. The lowest BCUT2D eigenvalue weighted by molar-refractivity contribution is 0.0952. The number of halogens is 1. The first-order valence-corrected chi connectivity index (χ1v) is 8.79. The number of carbonyl (C=O) groups is 1. The molecular weight excluding hydrogens is 374 g/mol. The smallest absolute Gasteiger partial charge is 0.251 e. The van der Waals surface area contributed by atoms with Crippen LogP contribution in [0.15, 0.2) is 35.1 Å². The van der Waals surface area contributed by atoms with Crippen LogP contribution in [0.4, 0.5) is 0 Å². The number of hydrogen-bond acceptors (Lipinski definition) is 4. The maximum absolute atomic E-state index is 12.2. The monoisotopic (exact) mass is 395 g/mol. The van der Waals surface area contributed by atoms with E-state index in [1.165, 1.54) is 0 Å². The van der Waals surface area contributed by atoms with Crippen molar-refractivity contribution in [1.29, 1.82) is 0 Å². The van der Waals surface area contributed by atoms with E-state index in [9.17, 15) is 4.79 Å². The van der Waals surface area contributed by atoms with Gasteiger partial charge in [0.1, 0.15) is 0 Å². The lowest BCUT2D eigenvalue weighted by Crippen LogP contribution is -2.25. The molecule has 1 N–H and O–H groups in total. The molecule has 0 aliphatic rings. The van der Waals surface area contributed by atoms with Crippen molar-refractivity contribution in [2.24, 2.45) is 0 Å². The molecule has 6 nitrogen and oxygen atoms in total. The first-order valence-electron chi connectivity index (χ1n) is 7.99. The molecule has 0 radical (unpaired) electrons. The number of hydrogen-bond donors (Lipinski definition) is 1. The molecule has 0 saturated carbocycles. The number of aryl methyl sites for hydroxylation is 1. The van der Waals surface area contributed by atoms with Crippen molar-refractivity contribution in [3.63, 3.8) is 0 Å². The summed E-state index contributed by atoms with van der Waals surface area (Å²) >= 11 is 3.36. The van der Waals surface area contributed by atoms with E-state index < -0.39 is 0 Å². The third kappa shape index (κ3) is 5.26. The minimum atomic E-state index is -0.124. The predicted molar refractivity (Wildman–Crippen MR) is 95.7 cm³/mol. The summed E-state index contributed by atoms with van der Waals surface area (Å²) in [5.41, 5.74) is 0.559. The number of benzene rings is 1. The first-order chi connectivity index (χ1) is 11.6. The molecule has 0 saturated heterocycles. The Morgan fingerprint density at radius 1 is 1.25 bits per heavy atom. The highest BCUT2D eigenvalue weighted by atomic mass is 79.9.